The minimum absolute atomic E-state index is 0.763. The predicted molar refractivity (Wildman–Crippen MR) is 95.6 cm³/mol. The molecule has 0 saturated carbocycles. The second kappa shape index (κ2) is 5.45. The van der Waals surface area contributed by atoms with Crippen molar-refractivity contribution in [3.8, 4) is 11.5 Å². The van der Waals surface area contributed by atoms with Crippen molar-refractivity contribution >= 4 is 53.8 Å². The Morgan fingerprint density at radius 2 is 1.50 bits per heavy atom. The third kappa shape index (κ3) is 2.42. The molecule has 0 fully saturated rings. The van der Waals surface area contributed by atoms with Crippen molar-refractivity contribution in [1.82, 2.24) is 0 Å². The second-order valence-corrected chi connectivity index (χ2v) is 6.77. The monoisotopic (exact) mass is 416 g/mol. The summed E-state index contributed by atoms with van der Waals surface area (Å²) in [5, 5.41) is 2.05. The maximum absolute atomic E-state index is 6.10. The fraction of sp³-hybridized carbons (Fsp3) is 0. The molecule has 0 amide bonds. The molecule has 4 heteroatoms. The maximum Gasteiger partial charge on any atom is 0.139 e. The quantitative estimate of drug-likeness (QED) is 0.353. The van der Waals surface area contributed by atoms with Crippen molar-refractivity contribution in [3.05, 3.63) is 69.6 Å². The van der Waals surface area contributed by atoms with E-state index in [0.29, 0.717) is 0 Å². The van der Waals surface area contributed by atoms with Crippen LogP contribution in [0.2, 0.25) is 0 Å². The Kier molecular flexibility index (Phi) is 3.43. The molecule has 0 radical (unpaired) electrons. The molecule has 0 N–H and O–H groups in total. The molecule has 0 atom stereocenters. The van der Waals surface area contributed by atoms with E-state index in [9.17, 15) is 0 Å². The highest BCUT2D eigenvalue weighted by Gasteiger charge is 2.12. The molecule has 22 heavy (non-hydrogen) atoms. The Morgan fingerprint density at radius 3 is 2.32 bits per heavy atom. The van der Waals surface area contributed by atoms with E-state index in [1.807, 2.05) is 60.7 Å². The first-order valence-corrected chi connectivity index (χ1v) is 8.33. The van der Waals surface area contributed by atoms with Crippen LogP contribution >= 0.6 is 31.9 Å². The molecule has 0 saturated heterocycles. The lowest BCUT2D eigenvalue weighted by Gasteiger charge is -2.08. The lowest BCUT2D eigenvalue weighted by atomic mass is 10.1. The maximum atomic E-state index is 6.10. The van der Waals surface area contributed by atoms with Crippen LogP contribution in [0.4, 0.5) is 0 Å². The highest BCUT2D eigenvalue weighted by molar-refractivity contribution is 9.11. The van der Waals surface area contributed by atoms with Crippen LogP contribution in [0.25, 0.3) is 21.9 Å². The largest absolute Gasteiger partial charge is 0.456 e. The molecule has 1 heterocycles. The SMILES string of the molecule is Brc1cc(Br)cc(Oc2cccc3oc4ccccc4c23)c1. The molecule has 0 spiro atoms. The number of hydrogen-bond acceptors (Lipinski definition) is 2. The van der Waals surface area contributed by atoms with Crippen molar-refractivity contribution < 1.29 is 9.15 Å². The van der Waals surface area contributed by atoms with E-state index in [0.717, 1.165) is 42.4 Å². The lowest BCUT2D eigenvalue weighted by Crippen LogP contribution is -1.85. The lowest BCUT2D eigenvalue weighted by molar-refractivity contribution is 0.487. The Bertz CT molecular complexity index is 969. The molecule has 1 aromatic heterocycles. The second-order valence-electron chi connectivity index (χ2n) is 4.93. The number of para-hydroxylation sites is 1. The van der Waals surface area contributed by atoms with E-state index in [2.05, 4.69) is 31.9 Å². The Hall–Kier alpha value is -1.78. The molecule has 0 bridgehead atoms. The average Bonchev–Trinajstić information content (AvgIpc) is 2.85. The van der Waals surface area contributed by atoms with Crippen molar-refractivity contribution in [2.24, 2.45) is 0 Å². The number of fused-ring (bicyclic) bond motifs is 3. The first kappa shape index (κ1) is 13.9. The molecular weight excluding hydrogens is 408 g/mol. The summed E-state index contributed by atoms with van der Waals surface area (Å²) in [4.78, 5) is 0. The van der Waals surface area contributed by atoms with Crippen LogP contribution in [-0.2, 0) is 0 Å². The van der Waals surface area contributed by atoms with E-state index in [1.54, 1.807) is 0 Å². The Morgan fingerprint density at radius 1 is 0.773 bits per heavy atom. The topological polar surface area (TPSA) is 22.4 Å². The van der Waals surface area contributed by atoms with Gasteiger partial charge in [-0.05, 0) is 36.4 Å². The fourth-order valence-electron chi connectivity index (χ4n) is 2.54. The standard InChI is InChI=1S/C18H10Br2O2/c19-11-8-12(20)10-13(9-11)21-16-6-3-7-17-18(16)14-4-1-2-5-15(14)22-17/h1-10H. The summed E-state index contributed by atoms with van der Waals surface area (Å²) in [5.74, 6) is 1.55. The summed E-state index contributed by atoms with van der Waals surface area (Å²) in [5.41, 5.74) is 1.69. The molecule has 0 aliphatic carbocycles. The van der Waals surface area contributed by atoms with Gasteiger partial charge in [-0.2, -0.15) is 0 Å². The van der Waals surface area contributed by atoms with Gasteiger partial charge in [-0.3, -0.25) is 0 Å². The Labute approximate surface area is 143 Å². The van der Waals surface area contributed by atoms with Crippen LogP contribution < -0.4 is 4.74 Å². The first-order valence-electron chi connectivity index (χ1n) is 6.75. The van der Waals surface area contributed by atoms with Crippen molar-refractivity contribution in [3.63, 3.8) is 0 Å². The van der Waals surface area contributed by atoms with Crippen LogP contribution in [0.3, 0.4) is 0 Å². The highest BCUT2D eigenvalue weighted by Crippen LogP contribution is 2.38. The first-order chi connectivity index (χ1) is 10.7. The van der Waals surface area contributed by atoms with Crippen molar-refractivity contribution in [2.75, 3.05) is 0 Å². The van der Waals surface area contributed by atoms with E-state index in [1.165, 1.54) is 0 Å². The van der Waals surface area contributed by atoms with Gasteiger partial charge < -0.3 is 9.15 Å². The number of rotatable bonds is 2. The summed E-state index contributed by atoms with van der Waals surface area (Å²) in [6.45, 7) is 0. The molecule has 3 aromatic carbocycles. The van der Waals surface area contributed by atoms with Gasteiger partial charge in [0.15, 0.2) is 0 Å². The normalized spacial score (nSPS) is 11.2. The highest BCUT2D eigenvalue weighted by atomic mass is 79.9. The zero-order valence-corrected chi connectivity index (χ0v) is 14.5. The van der Waals surface area contributed by atoms with E-state index in [4.69, 9.17) is 9.15 Å². The number of benzene rings is 3. The van der Waals surface area contributed by atoms with Crippen LogP contribution in [0.5, 0.6) is 11.5 Å². The van der Waals surface area contributed by atoms with Gasteiger partial charge >= 0.3 is 0 Å². The van der Waals surface area contributed by atoms with Gasteiger partial charge in [0.05, 0.1) is 5.39 Å². The summed E-state index contributed by atoms with van der Waals surface area (Å²) >= 11 is 6.96. The Balaban J connectivity index is 1.91. The molecule has 108 valence electrons. The van der Waals surface area contributed by atoms with Gasteiger partial charge in [0.25, 0.3) is 0 Å². The molecule has 2 nitrogen and oxygen atoms in total. The molecule has 0 aliphatic rings. The number of hydrogen-bond donors (Lipinski definition) is 0. The third-order valence-corrected chi connectivity index (χ3v) is 4.34. The number of furan rings is 1. The minimum atomic E-state index is 0.763. The number of ether oxygens (including phenoxy) is 1. The summed E-state index contributed by atoms with van der Waals surface area (Å²) in [6.07, 6.45) is 0. The van der Waals surface area contributed by atoms with Gasteiger partial charge in [0.1, 0.15) is 22.7 Å². The minimum Gasteiger partial charge on any atom is -0.456 e. The molecule has 0 aliphatic heterocycles. The van der Waals surface area contributed by atoms with Crippen molar-refractivity contribution in [2.45, 2.75) is 0 Å². The summed E-state index contributed by atoms with van der Waals surface area (Å²) in [7, 11) is 0. The van der Waals surface area contributed by atoms with E-state index >= 15 is 0 Å². The van der Waals surface area contributed by atoms with Gasteiger partial charge in [0.2, 0.25) is 0 Å². The number of halogens is 2. The zero-order chi connectivity index (χ0) is 15.1. The third-order valence-electron chi connectivity index (χ3n) is 3.43. The molecule has 0 unspecified atom stereocenters. The van der Waals surface area contributed by atoms with Crippen LogP contribution in [-0.4, -0.2) is 0 Å². The predicted octanol–water partition coefficient (Wildman–Crippen LogP) is 6.90. The molecule has 4 aromatic rings. The van der Waals surface area contributed by atoms with Gasteiger partial charge in [0, 0.05) is 14.3 Å². The van der Waals surface area contributed by atoms with Crippen LogP contribution in [0, 0.1) is 0 Å². The van der Waals surface area contributed by atoms with Crippen LogP contribution in [0.15, 0.2) is 74.0 Å². The molecule has 4 rings (SSSR count). The van der Waals surface area contributed by atoms with Gasteiger partial charge in [-0.1, -0.05) is 56.1 Å². The van der Waals surface area contributed by atoms with E-state index < -0.39 is 0 Å². The smallest absolute Gasteiger partial charge is 0.139 e. The zero-order valence-electron chi connectivity index (χ0n) is 11.3. The average molecular weight is 418 g/mol. The summed E-state index contributed by atoms with van der Waals surface area (Å²) < 4.78 is 13.9. The fourth-order valence-corrected chi connectivity index (χ4v) is 3.79. The van der Waals surface area contributed by atoms with E-state index in [-0.39, 0.29) is 0 Å². The molecular formula is C18H10Br2O2. The van der Waals surface area contributed by atoms with Gasteiger partial charge in [-0.25, -0.2) is 0 Å². The van der Waals surface area contributed by atoms with Gasteiger partial charge in [-0.15, -0.1) is 0 Å². The van der Waals surface area contributed by atoms with Crippen molar-refractivity contribution in [1.29, 1.82) is 0 Å². The summed E-state index contributed by atoms with van der Waals surface area (Å²) in [6, 6.07) is 19.7. The van der Waals surface area contributed by atoms with Crippen LogP contribution in [0.1, 0.15) is 0 Å².